The molecule has 13 nitrogen and oxygen atoms in total. The topological polar surface area (TPSA) is 179 Å². The van der Waals surface area contributed by atoms with Gasteiger partial charge in [-0.25, -0.2) is 4.39 Å². The van der Waals surface area contributed by atoms with Gasteiger partial charge in [0.1, 0.15) is 30.0 Å². The standard InChI is InChI=1S/C42H49FN6O7/c1-26-11-13-29(14-12-26)24-45-39(52)35(22-28-15-17-31(43)18-16-28)47-40(53)36(23-30-25-44-33-9-5-4-8-32(30)33)48-41(54)37-10-6-7-21-49(37)42(55)34(46-27(2)50)19-20-38(51)56-3/h4-5,8-9,11-18,25,34-37,44H,6-7,10,19-24H2,1-3H3,(H,45,52)(H,46,50)(H,47,53)(H,48,54)/t34-,35-,36?,37-/m0/s1. The van der Waals surface area contributed by atoms with Crippen molar-refractivity contribution in [2.24, 2.45) is 0 Å². The molecule has 14 heteroatoms. The zero-order chi connectivity index (χ0) is 40.2. The number of nitrogens with one attached hydrogen (secondary N) is 5. The molecule has 5 rings (SSSR count). The van der Waals surface area contributed by atoms with Crippen LogP contribution in [0.5, 0.6) is 0 Å². The van der Waals surface area contributed by atoms with E-state index in [1.54, 1.807) is 18.3 Å². The summed E-state index contributed by atoms with van der Waals surface area (Å²) in [5.74, 6) is -3.67. The van der Waals surface area contributed by atoms with E-state index in [0.717, 1.165) is 27.6 Å². The Bertz CT molecular complexity index is 2020. The van der Waals surface area contributed by atoms with Gasteiger partial charge in [0, 0.05) is 56.4 Å². The molecule has 0 saturated carbocycles. The van der Waals surface area contributed by atoms with Crippen molar-refractivity contribution >= 4 is 46.4 Å². The van der Waals surface area contributed by atoms with Crippen molar-refractivity contribution in [1.82, 2.24) is 31.2 Å². The number of piperidine rings is 1. The van der Waals surface area contributed by atoms with Gasteiger partial charge in [0.15, 0.2) is 0 Å². The number of H-pyrrole nitrogens is 1. The largest absolute Gasteiger partial charge is 0.469 e. The van der Waals surface area contributed by atoms with Gasteiger partial charge in [-0.05, 0) is 67.5 Å². The Kier molecular flexibility index (Phi) is 14.3. The molecule has 1 aliphatic rings. The van der Waals surface area contributed by atoms with Crippen LogP contribution in [0.3, 0.4) is 0 Å². The van der Waals surface area contributed by atoms with E-state index in [9.17, 15) is 33.2 Å². The van der Waals surface area contributed by atoms with Gasteiger partial charge < -0.3 is 35.9 Å². The van der Waals surface area contributed by atoms with Crippen LogP contribution in [0.1, 0.15) is 61.3 Å². The molecular weight excluding hydrogens is 719 g/mol. The molecule has 56 heavy (non-hydrogen) atoms. The number of aromatic nitrogens is 1. The summed E-state index contributed by atoms with van der Waals surface area (Å²) >= 11 is 0. The summed E-state index contributed by atoms with van der Waals surface area (Å²) in [5.41, 5.74) is 4.11. The Morgan fingerprint density at radius 1 is 0.839 bits per heavy atom. The van der Waals surface area contributed by atoms with Crippen molar-refractivity contribution in [1.29, 1.82) is 0 Å². The van der Waals surface area contributed by atoms with Crippen molar-refractivity contribution in [3.05, 3.63) is 107 Å². The summed E-state index contributed by atoms with van der Waals surface area (Å²) in [4.78, 5) is 84.8. The smallest absolute Gasteiger partial charge is 0.305 e. The highest BCUT2D eigenvalue weighted by Crippen LogP contribution is 2.22. The monoisotopic (exact) mass is 768 g/mol. The van der Waals surface area contributed by atoms with Crippen molar-refractivity contribution < 1.29 is 37.9 Å². The first-order valence-corrected chi connectivity index (χ1v) is 18.8. The van der Waals surface area contributed by atoms with Gasteiger partial charge >= 0.3 is 5.97 Å². The Labute approximate surface area is 325 Å². The van der Waals surface area contributed by atoms with Crippen molar-refractivity contribution in [2.75, 3.05) is 13.7 Å². The summed E-state index contributed by atoms with van der Waals surface area (Å²) in [6, 6.07) is 16.5. The lowest BCUT2D eigenvalue weighted by Gasteiger charge is -2.37. The lowest BCUT2D eigenvalue weighted by molar-refractivity contribution is -0.146. The predicted molar refractivity (Wildman–Crippen MR) is 207 cm³/mol. The van der Waals surface area contributed by atoms with Crippen molar-refractivity contribution in [3.63, 3.8) is 0 Å². The molecule has 5 N–H and O–H groups in total. The number of halogens is 1. The summed E-state index contributed by atoms with van der Waals surface area (Å²) in [5, 5.41) is 12.1. The third kappa shape index (κ3) is 11.2. The second kappa shape index (κ2) is 19.5. The van der Waals surface area contributed by atoms with Crippen LogP contribution in [0.15, 0.2) is 79.0 Å². The minimum Gasteiger partial charge on any atom is -0.469 e. The third-order valence-electron chi connectivity index (χ3n) is 9.93. The molecule has 2 heterocycles. The molecule has 4 atom stereocenters. The number of nitrogens with zero attached hydrogens (tertiary/aromatic N) is 1. The van der Waals surface area contributed by atoms with Gasteiger partial charge in [-0.3, -0.25) is 28.8 Å². The number of hydrogen-bond donors (Lipinski definition) is 5. The number of amides is 5. The van der Waals surface area contributed by atoms with Gasteiger partial charge in [-0.2, -0.15) is 0 Å². The van der Waals surface area contributed by atoms with E-state index in [2.05, 4.69) is 26.3 Å². The molecule has 4 aromatic rings. The lowest BCUT2D eigenvalue weighted by Crippen LogP contribution is -2.60. The fraction of sp³-hybridized carbons (Fsp3) is 0.381. The fourth-order valence-corrected chi connectivity index (χ4v) is 6.89. The molecule has 0 radical (unpaired) electrons. The van der Waals surface area contributed by atoms with E-state index in [-0.39, 0.29) is 38.8 Å². The number of hydrogen-bond acceptors (Lipinski definition) is 7. The molecule has 1 aliphatic heterocycles. The number of aryl methyl sites for hydroxylation is 1. The summed E-state index contributed by atoms with van der Waals surface area (Å²) in [6.07, 6.45) is 3.25. The maximum Gasteiger partial charge on any atom is 0.305 e. The highest BCUT2D eigenvalue weighted by molar-refractivity contribution is 5.96. The number of carbonyl (C=O) groups is 6. The highest BCUT2D eigenvalue weighted by atomic mass is 19.1. The number of fused-ring (bicyclic) bond motifs is 1. The molecule has 296 valence electrons. The maximum atomic E-state index is 14.4. The first-order chi connectivity index (χ1) is 26.9. The number of esters is 1. The molecule has 1 aromatic heterocycles. The number of para-hydroxylation sites is 1. The SMILES string of the molecule is COC(=O)CC[C@H](NC(C)=O)C(=O)N1CCCC[C@H]1C(=O)NC(Cc1c[nH]c2ccccc12)C(=O)N[C@@H](Cc1ccc(F)cc1)C(=O)NCc1ccc(C)cc1. The average molecular weight is 769 g/mol. The zero-order valence-electron chi connectivity index (χ0n) is 31.9. The van der Waals surface area contributed by atoms with Crippen LogP contribution in [-0.4, -0.2) is 83.2 Å². The number of carbonyl (C=O) groups excluding carboxylic acids is 6. The van der Waals surface area contributed by atoms with Crippen LogP contribution < -0.4 is 21.3 Å². The number of benzene rings is 3. The second-order valence-corrected chi connectivity index (χ2v) is 14.1. The minimum absolute atomic E-state index is 0.0249. The normalized spacial score (nSPS) is 15.6. The maximum absolute atomic E-state index is 14.4. The van der Waals surface area contributed by atoms with E-state index in [1.165, 1.54) is 31.1 Å². The second-order valence-electron chi connectivity index (χ2n) is 14.1. The Hall–Kier alpha value is -6.05. The zero-order valence-corrected chi connectivity index (χ0v) is 31.9. The fourth-order valence-electron chi connectivity index (χ4n) is 6.89. The van der Waals surface area contributed by atoms with Crippen LogP contribution >= 0.6 is 0 Å². The van der Waals surface area contributed by atoms with E-state index in [0.29, 0.717) is 24.8 Å². The van der Waals surface area contributed by atoms with Crippen molar-refractivity contribution in [2.45, 2.75) is 89.5 Å². The summed E-state index contributed by atoms with van der Waals surface area (Å²) < 4.78 is 18.5. The number of likely N-dealkylation sites (tertiary alicyclic amines) is 1. The van der Waals surface area contributed by atoms with Crippen molar-refractivity contribution in [3.8, 4) is 0 Å². The highest BCUT2D eigenvalue weighted by Gasteiger charge is 2.38. The van der Waals surface area contributed by atoms with Gasteiger partial charge in [-0.1, -0.05) is 60.2 Å². The molecule has 0 aliphatic carbocycles. The first-order valence-electron chi connectivity index (χ1n) is 18.8. The predicted octanol–water partition coefficient (Wildman–Crippen LogP) is 3.53. The Balaban J connectivity index is 1.40. The van der Waals surface area contributed by atoms with Gasteiger partial charge in [0.25, 0.3) is 0 Å². The number of aromatic amines is 1. The van der Waals surface area contributed by atoms with E-state index in [4.69, 9.17) is 4.74 Å². The number of rotatable bonds is 16. The van der Waals surface area contributed by atoms with Gasteiger partial charge in [0.05, 0.1) is 7.11 Å². The Morgan fingerprint density at radius 3 is 2.25 bits per heavy atom. The number of ether oxygens (including phenoxy) is 1. The molecule has 0 spiro atoms. The number of methoxy groups -OCH3 is 1. The quantitative estimate of drug-likeness (QED) is 0.108. The molecule has 1 unspecified atom stereocenters. The molecule has 5 amide bonds. The third-order valence-corrected chi connectivity index (χ3v) is 9.93. The average Bonchev–Trinajstić information content (AvgIpc) is 3.61. The van der Waals surface area contributed by atoms with E-state index in [1.807, 2.05) is 55.5 Å². The van der Waals surface area contributed by atoms with Gasteiger partial charge in [0.2, 0.25) is 29.5 Å². The van der Waals surface area contributed by atoms with Crippen LogP contribution in [0.2, 0.25) is 0 Å². The molecular formula is C42H49FN6O7. The first kappa shape index (κ1) is 41.1. The summed E-state index contributed by atoms with van der Waals surface area (Å²) in [6.45, 7) is 3.65. The molecule has 0 bridgehead atoms. The lowest BCUT2D eigenvalue weighted by atomic mass is 9.97. The van der Waals surface area contributed by atoms with Gasteiger partial charge in [-0.15, -0.1) is 0 Å². The molecule has 1 fully saturated rings. The molecule has 3 aromatic carbocycles. The van der Waals surface area contributed by atoms with Crippen LogP contribution in [0.4, 0.5) is 4.39 Å². The van der Waals surface area contributed by atoms with Crippen LogP contribution in [-0.2, 0) is 52.9 Å². The van der Waals surface area contributed by atoms with E-state index < -0.39 is 65.5 Å². The Morgan fingerprint density at radius 2 is 1.54 bits per heavy atom. The van der Waals surface area contributed by atoms with Crippen LogP contribution in [0.25, 0.3) is 10.9 Å². The van der Waals surface area contributed by atoms with Crippen LogP contribution in [0, 0.1) is 12.7 Å². The summed E-state index contributed by atoms with van der Waals surface area (Å²) in [7, 11) is 1.23. The van der Waals surface area contributed by atoms with E-state index >= 15 is 0 Å². The molecule has 1 saturated heterocycles. The minimum atomic E-state index is -1.19.